The lowest BCUT2D eigenvalue weighted by atomic mass is 10.0. The molecule has 1 rings (SSSR count). The predicted molar refractivity (Wildman–Crippen MR) is 47.4 cm³/mol. The molecular weight excluding hydrogens is 186 g/mol. The monoisotopic (exact) mass is 199 g/mol. The van der Waals surface area contributed by atoms with E-state index in [0.717, 1.165) is 4.90 Å². The Morgan fingerprint density at radius 3 is 2.71 bits per heavy atom. The third-order valence-corrected chi connectivity index (χ3v) is 2.30. The van der Waals surface area contributed by atoms with Gasteiger partial charge in [0.25, 0.3) is 0 Å². The van der Waals surface area contributed by atoms with E-state index in [1.807, 2.05) is 0 Å². The Kier molecular flexibility index (Phi) is 3.22. The van der Waals surface area contributed by atoms with Crippen molar-refractivity contribution < 1.29 is 19.5 Å². The highest BCUT2D eigenvalue weighted by Gasteiger charge is 2.36. The van der Waals surface area contributed by atoms with E-state index < -0.39 is 17.9 Å². The molecule has 1 aliphatic heterocycles. The average Bonchev–Trinajstić information content (AvgIpc) is 2.16. The van der Waals surface area contributed by atoms with Gasteiger partial charge in [0, 0.05) is 12.8 Å². The average molecular weight is 199 g/mol. The van der Waals surface area contributed by atoms with Gasteiger partial charge in [0.2, 0.25) is 11.8 Å². The van der Waals surface area contributed by atoms with Gasteiger partial charge in [-0.2, -0.15) is 0 Å². The topological polar surface area (TPSA) is 74.7 Å². The minimum absolute atomic E-state index is 0.162. The highest BCUT2D eigenvalue weighted by atomic mass is 16.4. The number of aliphatic carboxylic acids is 1. The van der Waals surface area contributed by atoms with Crippen molar-refractivity contribution in [3.05, 3.63) is 0 Å². The highest BCUT2D eigenvalue weighted by molar-refractivity contribution is 5.99. The van der Waals surface area contributed by atoms with Gasteiger partial charge in [-0.15, -0.1) is 0 Å². The molecule has 1 unspecified atom stereocenters. The summed E-state index contributed by atoms with van der Waals surface area (Å²) >= 11 is 0. The van der Waals surface area contributed by atoms with Crippen molar-refractivity contribution in [3.63, 3.8) is 0 Å². The zero-order valence-electron chi connectivity index (χ0n) is 8.02. The van der Waals surface area contributed by atoms with Crippen molar-refractivity contribution in [1.82, 2.24) is 4.90 Å². The zero-order chi connectivity index (χ0) is 10.7. The molecule has 2 amide bonds. The summed E-state index contributed by atoms with van der Waals surface area (Å²) in [5.74, 6) is -1.86. The molecule has 5 heteroatoms. The van der Waals surface area contributed by atoms with Gasteiger partial charge >= 0.3 is 5.97 Å². The molecule has 0 aromatic heterocycles. The third kappa shape index (κ3) is 1.92. The molecular formula is C9H13NO4. The van der Waals surface area contributed by atoms with Crippen LogP contribution in [-0.4, -0.2) is 33.8 Å². The second-order valence-electron chi connectivity index (χ2n) is 3.26. The van der Waals surface area contributed by atoms with Gasteiger partial charge in [-0.1, -0.05) is 6.92 Å². The molecule has 1 atom stereocenters. The summed E-state index contributed by atoms with van der Waals surface area (Å²) in [6.45, 7) is 1.61. The fourth-order valence-corrected chi connectivity index (χ4v) is 1.59. The second-order valence-corrected chi connectivity index (χ2v) is 3.26. The molecule has 1 N–H and O–H groups in total. The van der Waals surface area contributed by atoms with Crippen LogP contribution in [0.5, 0.6) is 0 Å². The first-order chi connectivity index (χ1) is 6.57. The van der Waals surface area contributed by atoms with Crippen LogP contribution >= 0.6 is 0 Å². The van der Waals surface area contributed by atoms with E-state index in [0.29, 0.717) is 12.8 Å². The summed E-state index contributed by atoms with van der Waals surface area (Å²) in [5, 5.41) is 8.82. The van der Waals surface area contributed by atoms with Crippen LogP contribution in [0.25, 0.3) is 0 Å². The summed E-state index contributed by atoms with van der Waals surface area (Å²) < 4.78 is 0. The number of hydrogen-bond acceptors (Lipinski definition) is 3. The molecule has 1 heterocycles. The minimum atomic E-state index is -1.10. The molecule has 14 heavy (non-hydrogen) atoms. The van der Waals surface area contributed by atoms with Crippen LogP contribution < -0.4 is 0 Å². The van der Waals surface area contributed by atoms with Crippen LogP contribution in [0.15, 0.2) is 0 Å². The predicted octanol–water partition coefficient (Wildman–Crippen LogP) is 0.389. The van der Waals surface area contributed by atoms with Crippen LogP contribution in [0.1, 0.15) is 32.6 Å². The molecule has 0 aliphatic carbocycles. The highest BCUT2D eigenvalue weighted by Crippen LogP contribution is 2.19. The van der Waals surface area contributed by atoms with Crippen LogP contribution in [-0.2, 0) is 14.4 Å². The van der Waals surface area contributed by atoms with Crippen molar-refractivity contribution in [2.24, 2.45) is 0 Å². The number of piperidine rings is 1. The Morgan fingerprint density at radius 2 is 2.21 bits per heavy atom. The first kappa shape index (κ1) is 10.7. The van der Waals surface area contributed by atoms with Crippen molar-refractivity contribution in [2.75, 3.05) is 0 Å². The summed E-state index contributed by atoms with van der Waals surface area (Å²) in [5.41, 5.74) is 0. The number of carboxylic acids is 1. The molecule has 1 fully saturated rings. The molecule has 0 saturated carbocycles. The van der Waals surface area contributed by atoms with E-state index in [2.05, 4.69) is 0 Å². The maximum Gasteiger partial charge on any atom is 0.326 e. The molecule has 1 saturated heterocycles. The van der Waals surface area contributed by atoms with Crippen molar-refractivity contribution >= 4 is 17.8 Å². The lowest BCUT2D eigenvalue weighted by Crippen LogP contribution is -2.50. The van der Waals surface area contributed by atoms with E-state index in [1.165, 1.54) is 0 Å². The van der Waals surface area contributed by atoms with Crippen LogP contribution in [0.3, 0.4) is 0 Å². The molecule has 5 nitrogen and oxygen atoms in total. The lowest BCUT2D eigenvalue weighted by molar-refractivity contribution is -0.160. The van der Waals surface area contributed by atoms with Gasteiger partial charge < -0.3 is 5.11 Å². The number of nitrogens with zero attached hydrogens (tertiary/aromatic N) is 1. The third-order valence-electron chi connectivity index (χ3n) is 2.30. The number of amides is 2. The Bertz CT molecular complexity index is 266. The SMILES string of the molecule is CCC(=O)N1C(=O)CCCC1C(=O)O. The molecule has 1 aliphatic rings. The van der Waals surface area contributed by atoms with E-state index in [-0.39, 0.29) is 18.7 Å². The van der Waals surface area contributed by atoms with Crippen LogP contribution in [0.4, 0.5) is 0 Å². The lowest BCUT2D eigenvalue weighted by Gasteiger charge is -2.30. The molecule has 0 spiro atoms. The summed E-state index contributed by atoms with van der Waals surface area (Å²) in [4.78, 5) is 34.4. The Labute approximate surface area is 81.7 Å². The molecule has 0 bridgehead atoms. The van der Waals surface area contributed by atoms with E-state index >= 15 is 0 Å². The van der Waals surface area contributed by atoms with Gasteiger partial charge in [0.15, 0.2) is 0 Å². The first-order valence-electron chi connectivity index (χ1n) is 4.65. The first-order valence-corrected chi connectivity index (χ1v) is 4.65. The van der Waals surface area contributed by atoms with Gasteiger partial charge in [-0.3, -0.25) is 14.5 Å². The van der Waals surface area contributed by atoms with Crippen LogP contribution in [0, 0.1) is 0 Å². The number of hydrogen-bond donors (Lipinski definition) is 1. The number of rotatable bonds is 2. The van der Waals surface area contributed by atoms with Gasteiger partial charge in [-0.25, -0.2) is 4.79 Å². The molecule has 78 valence electrons. The second kappa shape index (κ2) is 4.21. The Morgan fingerprint density at radius 1 is 1.57 bits per heavy atom. The summed E-state index contributed by atoms with van der Waals surface area (Å²) in [7, 11) is 0. The minimum Gasteiger partial charge on any atom is -0.480 e. The smallest absolute Gasteiger partial charge is 0.326 e. The van der Waals surface area contributed by atoms with E-state index in [1.54, 1.807) is 6.92 Å². The number of carbonyl (C=O) groups is 3. The Balaban J connectivity index is 2.86. The van der Waals surface area contributed by atoms with E-state index in [4.69, 9.17) is 5.11 Å². The molecule has 0 radical (unpaired) electrons. The summed E-state index contributed by atoms with van der Waals surface area (Å²) in [6.07, 6.45) is 1.35. The number of imide groups is 1. The summed E-state index contributed by atoms with van der Waals surface area (Å²) in [6, 6.07) is -0.955. The fraction of sp³-hybridized carbons (Fsp3) is 0.667. The van der Waals surface area contributed by atoms with Crippen LogP contribution in [0.2, 0.25) is 0 Å². The van der Waals surface area contributed by atoms with Gasteiger partial charge in [0.05, 0.1) is 0 Å². The molecule has 0 aromatic rings. The maximum atomic E-state index is 11.4. The number of carboxylic acid groups (broad SMARTS) is 1. The standard InChI is InChI=1S/C9H13NO4/c1-2-7(11)10-6(9(13)14)4-3-5-8(10)12/h6H,2-5H2,1H3,(H,13,14). The molecule has 0 aromatic carbocycles. The van der Waals surface area contributed by atoms with E-state index in [9.17, 15) is 14.4 Å². The maximum absolute atomic E-state index is 11.4. The normalized spacial score (nSPS) is 22.2. The Hall–Kier alpha value is -1.39. The van der Waals surface area contributed by atoms with Crippen molar-refractivity contribution in [2.45, 2.75) is 38.6 Å². The number of carbonyl (C=O) groups excluding carboxylic acids is 2. The van der Waals surface area contributed by atoms with Crippen molar-refractivity contribution in [1.29, 1.82) is 0 Å². The zero-order valence-corrected chi connectivity index (χ0v) is 8.02. The number of likely N-dealkylation sites (tertiary alicyclic amines) is 1. The van der Waals surface area contributed by atoms with Gasteiger partial charge in [-0.05, 0) is 12.8 Å². The largest absolute Gasteiger partial charge is 0.480 e. The fourth-order valence-electron chi connectivity index (χ4n) is 1.59. The van der Waals surface area contributed by atoms with Gasteiger partial charge in [0.1, 0.15) is 6.04 Å². The van der Waals surface area contributed by atoms with Crippen molar-refractivity contribution in [3.8, 4) is 0 Å². The quantitative estimate of drug-likeness (QED) is 0.698.